The third-order valence-corrected chi connectivity index (χ3v) is 2.64. The average Bonchev–Trinajstić information content (AvgIpc) is 2.67. The fourth-order valence-electron chi connectivity index (χ4n) is 1.72. The lowest BCUT2D eigenvalue weighted by Crippen LogP contribution is -2.03. The van der Waals surface area contributed by atoms with E-state index in [1.165, 1.54) is 12.3 Å². The summed E-state index contributed by atoms with van der Waals surface area (Å²) in [7, 11) is 0. The van der Waals surface area contributed by atoms with Gasteiger partial charge in [-0.25, -0.2) is 4.39 Å². The summed E-state index contributed by atoms with van der Waals surface area (Å²) in [5.74, 6) is 0.201. The Morgan fingerprint density at radius 1 is 1.19 bits per heavy atom. The summed E-state index contributed by atoms with van der Waals surface area (Å²) in [6, 6.07) is 6.34. The van der Waals surface area contributed by atoms with Crippen molar-refractivity contribution in [3.05, 3.63) is 58.8 Å². The number of aryl methyl sites for hydroxylation is 2. The molecule has 0 radical (unpaired) electrons. The summed E-state index contributed by atoms with van der Waals surface area (Å²) in [6.07, 6.45) is 0.514. The predicted molar refractivity (Wildman–Crippen MR) is 58.6 cm³/mol. The van der Waals surface area contributed by atoms with Crippen LogP contribution in [0.25, 0.3) is 0 Å². The molecule has 0 amide bonds. The Balaban J connectivity index is 2.45. The number of halogens is 1. The summed E-state index contributed by atoms with van der Waals surface area (Å²) in [6.45, 7) is 3.60. The largest absolute Gasteiger partial charge is 0.469 e. The molecule has 0 aliphatic carbocycles. The number of furan rings is 1. The molecule has 0 aliphatic rings. The maximum Gasteiger partial charge on any atom is 0.129 e. The first-order valence-electron chi connectivity index (χ1n) is 5.07. The lowest BCUT2D eigenvalue weighted by Gasteiger charge is -2.11. The van der Waals surface area contributed by atoms with E-state index >= 15 is 0 Å². The summed E-state index contributed by atoms with van der Waals surface area (Å²) in [4.78, 5) is 0. The molecule has 0 bridgehead atoms. The first kappa shape index (κ1) is 10.9. The van der Waals surface area contributed by atoms with E-state index in [1.807, 2.05) is 6.92 Å². The van der Waals surface area contributed by atoms with Crippen LogP contribution in [0, 0.1) is 19.7 Å². The molecule has 84 valence electrons. The average molecular weight is 220 g/mol. The Kier molecular flexibility index (Phi) is 2.79. The number of aliphatic hydroxyl groups excluding tert-OH is 1. The lowest BCUT2D eigenvalue weighted by molar-refractivity contribution is 0.212. The van der Waals surface area contributed by atoms with Crippen LogP contribution in [0.1, 0.15) is 28.6 Å². The second-order valence-corrected chi connectivity index (χ2v) is 3.86. The van der Waals surface area contributed by atoms with Gasteiger partial charge in [-0.3, -0.25) is 0 Å². The van der Waals surface area contributed by atoms with E-state index in [-0.39, 0.29) is 5.56 Å². The van der Waals surface area contributed by atoms with Crippen LogP contribution in [0.5, 0.6) is 0 Å². The van der Waals surface area contributed by atoms with Crippen LogP contribution in [0.3, 0.4) is 0 Å². The van der Waals surface area contributed by atoms with Crippen molar-refractivity contribution in [3.63, 3.8) is 0 Å². The third kappa shape index (κ3) is 1.86. The molecule has 0 fully saturated rings. The molecular weight excluding hydrogens is 207 g/mol. The van der Waals surface area contributed by atoms with E-state index in [0.717, 1.165) is 5.56 Å². The van der Waals surface area contributed by atoms with Crippen LogP contribution in [0.2, 0.25) is 0 Å². The number of rotatable bonds is 2. The maximum atomic E-state index is 13.6. The van der Waals surface area contributed by atoms with Gasteiger partial charge in [-0.05, 0) is 26.0 Å². The van der Waals surface area contributed by atoms with Crippen LogP contribution in [-0.4, -0.2) is 5.11 Å². The van der Waals surface area contributed by atoms with Crippen molar-refractivity contribution in [1.82, 2.24) is 0 Å². The van der Waals surface area contributed by atoms with Crippen molar-refractivity contribution < 1.29 is 13.9 Å². The van der Waals surface area contributed by atoms with Crippen molar-refractivity contribution >= 4 is 0 Å². The minimum absolute atomic E-state index is 0.282. The van der Waals surface area contributed by atoms with Gasteiger partial charge in [0.25, 0.3) is 0 Å². The van der Waals surface area contributed by atoms with E-state index in [9.17, 15) is 9.50 Å². The lowest BCUT2D eigenvalue weighted by atomic mass is 10.00. The zero-order valence-corrected chi connectivity index (χ0v) is 9.20. The van der Waals surface area contributed by atoms with Crippen molar-refractivity contribution in [1.29, 1.82) is 0 Å². The third-order valence-electron chi connectivity index (χ3n) is 2.64. The highest BCUT2D eigenvalue weighted by molar-refractivity contribution is 5.34. The van der Waals surface area contributed by atoms with Crippen molar-refractivity contribution in [2.24, 2.45) is 0 Å². The molecule has 2 nitrogen and oxygen atoms in total. The Morgan fingerprint density at radius 3 is 2.56 bits per heavy atom. The molecule has 3 heteroatoms. The van der Waals surface area contributed by atoms with E-state index in [2.05, 4.69) is 0 Å². The highest BCUT2D eigenvalue weighted by Crippen LogP contribution is 2.27. The molecule has 16 heavy (non-hydrogen) atoms. The van der Waals surface area contributed by atoms with Crippen LogP contribution in [-0.2, 0) is 0 Å². The first-order chi connectivity index (χ1) is 7.59. The zero-order chi connectivity index (χ0) is 11.7. The van der Waals surface area contributed by atoms with E-state index in [4.69, 9.17) is 4.42 Å². The monoisotopic (exact) mass is 220 g/mol. The number of benzene rings is 1. The molecule has 1 aromatic carbocycles. The molecule has 2 aromatic rings. The molecule has 1 atom stereocenters. The van der Waals surface area contributed by atoms with E-state index in [0.29, 0.717) is 11.3 Å². The zero-order valence-electron chi connectivity index (χ0n) is 9.20. The number of aliphatic hydroxyl groups is 1. The minimum atomic E-state index is -0.973. The van der Waals surface area contributed by atoms with Gasteiger partial charge in [0.05, 0.1) is 6.26 Å². The van der Waals surface area contributed by atoms with Crippen molar-refractivity contribution in [2.75, 3.05) is 0 Å². The van der Waals surface area contributed by atoms with Crippen LogP contribution in [0.4, 0.5) is 4.39 Å². The Bertz CT molecular complexity index is 502. The second kappa shape index (κ2) is 4.10. The normalized spacial score (nSPS) is 12.8. The van der Waals surface area contributed by atoms with Gasteiger partial charge in [0.2, 0.25) is 0 Å². The molecule has 1 aromatic heterocycles. The van der Waals surface area contributed by atoms with E-state index in [1.54, 1.807) is 25.1 Å². The van der Waals surface area contributed by atoms with Crippen LogP contribution < -0.4 is 0 Å². The predicted octanol–water partition coefficient (Wildman–Crippen LogP) is 3.12. The fourth-order valence-corrected chi connectivity index (χ4v) is 1.72. The standard InChI is InChI=1S/C13H13FO2/c1-8-3-4-12(14)11(7-8)13(15)10-5-6-16-9(10)2/h3-7,13,15H,1-2H3. The Hall–Kier alpha value is -1.61. The van der Waals surface area contributed by atoms with E-state index < -0.39 is 11.9 Å². The molecule has 1 heterocycles. The molecule has 1 unspecified atom stereocenters. The van der Waals surface area contributed by atoms with Gasteiger partial charge in [0.1, 0.15) is 17.7 Å². The summed E-state index contributed by atoms with van der Waals surface area (Å²) in [5, 5.41) is 10.1. The Labute approximate surface area is 93.3 Å². The Morgan fingerprint density at radius 2 is 1.94 bits per heavy atom. The summed E-state index contributed by atoms with van der Waals surface area (Å²) >= 11 is 0. The SMILES string of the molecule is Cc1ccc(F)c(C(O)c2ccoc2C)c1. The van der Waals surface area contributed by atoms with Gasteiger partial charge in [-0.2, -0.15) is 0 Å². The first-order valence-corrected chi connectivity index (χ1v) is 5.07. The van der Waals surface area contributed by atoms with Gasteiger partial charge in [-0.1, -0.05) is 17.7 Å². The molecule has 0 saturated carbocycles. The van der Waals surface area contributed by atoms with Gasteiger partial charge in [0, 0.05) is 11.1 Å². The van der Waals surface area contributed by atoms with Gasteiger partial charge >= 0.3 is 0 Å². The number of hydrogen-bond donors (Lipinski definition) is 1. The molecule has 1 N–H and O–H groups in total. The quantitative estimate of drug-likeness (QED) is 0.843. The summed E-state index contributed by atoms with van der Waals surface area (Å²) < 4.78 is 18.6. The smallest absolute Gasteiger partial charge is 0.129 e. The topological polar surface area (TPSA) is 33.4 Å². The van der Waals surface area contributed by atoms with Gasteiger partial charge in [-0.15, -0.1) is 0 Å². The van der Waals surface area contributed by atoms with Crippen LogP contribution in [0.15, 0.2) is 34.9 Å². The molecule has 0 aliphatic heterocycles. The minimum Gasteiger partial charge on any atom is -0.469 e. The number of hydrogen-bond acceptors (Lipinski definition) is 2. The van der Waals surface area contributed by atoms with Crippen molar-refractivity contribution in [3.8, 4) is 0 Å². The van der Waals surface area contributed by atoms with Crippen LogP contribution >= 0.6 is 0 Å². The second-order valence-electron chi connectivity index (χ2n) is 3.86. The fraction of sp³-hybridized carbons (Fsp3) is 0.231. The van der Waals surface area contributed by atoms with Gasteiger partial charge < -0.3 is 9.52 Å². The van der Waals surface area contributed by atoms with Gasteiger partial charge in [0.15, 0.2) is 0 Å². The molecular formula is C13H13FO2. The molecule has 0 spiro atoms. The molecule has 0 saturated heterocycles. The highest BCUT2D eigenvalue weighted by atomic mass is 19.1. The molecule has 2 rings (SSSR count). The maximum absolute atomic E-state index is 13.6. The highest BCUT2D eigenvalue weighted by Gasteiger charge is 2.18. The van der Waals surface area contributed by atoms with Crippen molar-refractivity contribution in [2.45, 2.75) is 20.0 Å². The summed E-state index contributed by atoms with van der Waals surface area (Å²) in [5.41, 5.74) is 1.80.